The molecule has 0 spiro atoms. The van der Waals surface area contributed by atoms with Crippen LogP contribution in [0.2, 0.25) is 10.0 Å². The van der Waals surface area contributed by atoms with Crippen molar-refractivity contribution in [2.45, 2.75) is 45.1 Å². The Hall–Kier alpha value is -2.48. The molecule has 1 atom stereocenters. The van der Waals surface area contributed by atoms with Crippen LogP contribution < -0.4 is 10.1 Å². The van der Waals surface area contributed by atoms with Crippen LogP contribution in [0.3, 0.4) is 0 Å². The number of hydrogen-bond acceptors (Lipinski definition) is 4. The zero-order valence-corrected chi connectivity index (χ0v) is 21.4. The minimum absolute atomic E-state index is 0.226. The van der Waals surface area contributed by atoms with Gasteiger partial charge in [-0.3, -0.25) is 0 Å². The first-order chi connectivity index (χ1) is 16.9. The number of amides is 2. The van der Waals surface area contributed by atoms with Gasteiger partial charge < -0.3 is 24.8 Å². The minimum atomic E-state index is -0.979. The Bertz CT molecular complexity index is 980. The monoisotopic (exact) mass is 522 g/mol. The van der Waals surface area contributed by atoms with E-state index in [1.54, 1.807) is 42.2 Å². The van der Waals surface area contributed by atoms with E-state index in [0.29, 0.717) is 53.7 Å². The predicted molar refractivity (Wildman–Crippen MR) is 138 cm³/mol. The number of rotatable bonds is 12. The molecule has 2 aromatic rings. The van der Waals surface area contributed by atoms with E-state index in [0.717, 1.165) is 18.4 Å². The fourth-order valence-corrected chi connectivity index (χ4v) is 4.65. The first-order valence-corrected chi connectivity index (χ1v) is 12.7. The van der Waals surface area contributed by atoms with E-state index >= 15 is 0 Å². The highest BCUT2D eigenvalue weighted by molar-refractivity contribution is 6.36. The second-order valence-corrected chi connectivity index (χ2v) is 9.47. The molecule has 0 saturated heterocycles. The summed E-state index contributed by atoms with van der Waals surface area (Å²) >= 11 is 12.2. The Morgan fingerprint density at radius 2 is 1.86 bits per heavy atom. The molecule has 0 bridgehead atoms. The van der Waals surface area contributed by atoms with Gasteiger partial charge in [-0.2, -0.15) is 0 Å². The van der Waals surface area contributed by atoms with Crippen molar-refractivity contribution in [3.63, 3.8) is 0 Å². The number of halogens is 2. The molecular formula is C26H32Cl2N2O5. The zero-order valence-electron chi connectivity index (χ0n) is 19.8. The third-order valence-corrected chi connectivity index (χ3v) is 6.58. The number of anilines is 1. The third-order valence-electron chi connectivity index (χ3n) is 6.03. The Morgan fingerprint density at radius 3 is 2.49 bits per heavy atom. The van der Waals surface area contributed by atoms with Gasteiger partial charge in [0.05, 0.1) is 17.3 Å². The Balaban J connectivity index is 1.56. The highest BCUT2D eigenvalue weighted by Gasteiger charge is 2.23. The summed E-state index contributed by atoms with van der Waals surface area (Å²) in [4.78, 5) is 26.1. The predicted octanol–water partition coefficient (Wildman–Crippen LogP) is 6.13. The number of carboxylic acids is 1. The summed E-state index contributed by atoms with van der Waals surface area (Å²) in [5, 5.41) is 13.0. The summed E-state index contributed by atoms with van der Waals surface area (Å²) in [7, 11) is 0. The number of benzene rings is 2. The molecule has 1 unspecified atom stereocenters. The van der Waals surface area contributed by atoms with Crippen LogP contribution in [0.4, 0.5) is 10.5 Å². The van der Waals surface area contributed by atoms with Crippen molar-refractivity contribution >= 4 is 40.9 Å². The molecule has 1 saturated carbocycles. The molecule has 1 aliphatic rings. The van der Waals surface area contributed by atoms with Gasteiger partial charge in [0.1, 0.15) is 12.4 Å². The van der Waals surface area contributed by atoms with E-state index in [-0.39, 0.29) is 12.5 Å². The number of ether oxygens (including phenoxy) is 2. The third kappa shape index (κ3) is 8.60. The lowest BCUT2D eigenvalue weighted by Crippen LogP contribution is -2.40. The first-order valence-electron chi connectivity index (χ1n) is 11.9. The number of hydrogen-bond donors (Lipinski definition) is 2. The molecule has 0 radical (unpaired) electrons. The molecule has 3 rings (SSSR count). The lowest BCUT2D eigenvalue weighted by atomic mass is 10.1. The van der Waals surface area contributed by atoms with Crippen molar-refractivity contribution in [1.29, 1.82) is 0 Å². The molecule has 0 aromatic heterocycles. The molecule has 35 heavy (non-hydrogen) atoms. The summed E-state index contributed by atoms with van der Waals surface area (Å²) in [6.07, 6.45) is 4.03. The van der Waals surface area contributed by atoms with Crippen LogP contribution in [-0.2, 0) is 16.0 Å². The minimum Gasteiger partial charge on any atom is -0.492 e. The summed E-state index contributed by atoms with van der Waals surface area (Å²) in [6.45, 7) is 3.51. The number of urea groups is 1. The molecule has 190 valence electrons. The van der Waals surface area contributed by atoms with Crippen LogP contribution in [0.25, 0.3) is 0 Å². The molecule has 0 heterocycles. The topological polar surface area (TPSA) is 88.1 Å². The van der Waals surface area contributed by atoms with Crippen molar-refractivity contribution < 1.29 is 24.2 Å². The number of nitrogens with zero attached hydrogens (tertiary/aromatic N) is 1. The van der Waals surface area contributed by atoms with Gasteiger partial charge in [-0.1, -0.05) is 48.2 Å². The summed E-state index contributed by atoms with van der Waals surface area (Å²) in [6, 6.07) is 12.0. The van der Waals surface area contributed by atoms with Gasteiger partial charge >= 0.3 is 12.0 Å². The number of carbonyl (C=O) groups is 2. The van der Waals surface area contributed by atoms with Crippen molar-refractivity contribution in [3.05, 3.63) is 58.1 Å². The Morgan fingerprint density at radius 1 is 1.14 bits per heavy atom. The van der Waals surface area contributed by atoms with E-state index < -0.39 is 12.1 Å². The molecule has 1 fully saturated rings. The van der Waals surface area contributed by atoms with Crippen LogP contribution >= 0.6 is 23.2 Å². The molecule has 2 N–H and O–H groups in total. The fourth-order valence-electron chi connectivity index (χ4n) is 4.19. The maximum Gasteiger partial charge on any atom is 0.333 e. The van der Waals surface area contributed by atoms with Crippen LogP contribution in [0, 0.1) is 5.92 Å². The van der Waals surface area contributed by atoms with Crippen molar-refractivity contribution in [2.24, 2.45) is 5.92 Å². The van der Waals surface area contributed by atoms with Crippen molar-refractivity contribution in [3.8, 4) is 5.75 Å². The van der Waals surface area contributed by atoms with Crippen LogP contribution in [0.15, 0.2) is 42.5 Å². The molecule has 0 aliphatic heterocycles. The van der Waals surface area contributed by atoms with Gasteiger partial charge in [-0.05, 0) is 61.6 Å². The highest BCUT2D eigenvalue weighted by atomic mass is 35.5. The van der Waals surface area contributed by atoms with Crippen LogP contribution in [0.1, 0.15) is 38.2 Å². The number of aliphatic carboxylic acids is 1. The molecule has 9 heteroatoms. The second kappa shape index (κ2) is 13.6. The normalized spacial score (nSPS) is 14.5. The summed E-state index contributed by atoms with van der Waals surface area (Å²) < 4.78 is 11.2. The average Bonchev–Trinajstić information content (AvgIpc) is 3.34. The van der Waals surface area contributed by atoms with Crippen molar-refractivity contribution in [1.82, 2.24) is 4.90 Å². The van der Waals surface area contributed by atoms with Gasteiger partial charge in [0.25, 0.3) is 0 Å². The quantitative estimate of drug-likeness (QED) is 0.350. The lowest BCUT2D eigenvalue weighted by molar-refractivity contribution is -0.149. The fraction of sp³-hybridized carbons (Fsp3) is 0.462. The second-order valence-electron chi connectivity index (χ2n) is 8.63. The zero-order chi connectivity index (χ0) is 25.2. The van der Waals surface area contributed by atoms with Gasteiger partial charge in [0, 0.05) is 24.6 Å². The molecule has 2 amide bonds. The van der Waals surface area contributed by atoms with E-state index in [4.69, 9.17) is 32.7 Å². The molecule has 2 aromatic carbocycles. The summed E-state index contributed by atoms with van der Waals surface area (Å²) in [5.41, 5.74) is 1.36. The summed E-state index contributed by atoms with van der Waals surface area (Å²) in [5.74, 6) is 0.153. The maximum atomic E-state index is 13.0. The largest absolute Gasteiger partial charge is 0.492 e. The van der Waals surface area contributed by atoms with E-state index in [9.17, 15) is 14.7 Å². The van der Waals surface area contributed by atoms with Gasteiger partial charge in [-0.25, -0.2) is 9.59 Å². The van der Waals surface area contributed by atoms with Crippen LogP contribution in [0.5, 0.6) is 5.75 Å². The first kappa shape index (κ1) is 27.1. The van der Waals surface area contributed by atoms with Gasteiger partial charge in [0.15, 0.2) is 6.10 Å². The SMILES string of the molecule is CCOC(Cc1ccc(OCCN(CC2CCCC2)C(=O)Nc2ccc(Cl)cc2Cl)cc1)C(=O)O. The van der Waals surface area contributed by atoms with Crippen LogP contribution in [-0.4, -0.2) is 54.4 Å². The van der Waals surface area contributed by atoms with E-state index in [2.05, 4.69) is 5.32 Å². The smallest absolute Gasteiger partial charge is 0.333 e. The van der Waals surface area contributed by atoms with E-state index in [1.807, 2.05) is 12.1 Å². The standard InChI is InChI=1S/C26H32Cl2N2O5/c1-2-34-24(25(31)32)15-18-7-10-21(11-8-18)35-14-13-30(17-19-5-3-4-6-19)26(33)29-23-12-9-20(27)16-22(23)28/h7-12,16,19,24H,2-6,13-15,17H2,1H3,(H,29,33)(H,31,32). The van der Waals surface area contributed by atoms with Gasteiger partial charge in [-0.15, -0.1) is 0 Å². The van der Waals surface area contributed by atoms with Gasteiger partial charge in [0.2, 0.25) is 0 Å². The number of nitrogens with one attached hydrogen (secondary N) is 1. The number of carbonyl (C=O) groups excluding carboxylic acids is 1. The molecular weight excluding hydrogens is 491 g/mol. The van der Waals surface area contributed by atoms with Crippen molar-refractivity contribution in [2.75, 3.05) is 31.6 Å². The molecule has 7 nitrogen and oxygen atoms in total. The Kier molecular flexibility index (Phi) is 10.5. The highest BCUT2D eigenvalue weighted by Crippen LogP contribution is 2.28. The van der Waals surface area contributed by atoms with E-state index in [1.165, 1.54) is 12.8 Å². The number of carboxylic acid groups (broad SMARTS) is 1. The average molecular weight is 523 g/mol. The lowest BCUT2D eigenvalue weighted by Gasteiger charge is -2.26. The molecule has 1 aliphatic carbocycles. The maximum absolute atomic E-state index is 13.0. The Labute approximate surface area is 216 Å².